The number of amidine groups is 2. The zero-order valence-electron chi connectivity index (χ0n) is 19.3. The molecule has 0 aromatic heterocycles. The van der Waals surface area contributed by atoms with Gasteiger partial charge < -0.3 is 5.32 Å². The lowest BCUT2D eigenvalue weighted by Gasteiger charge is -2.34. The van der Waals surface area contributed by atoms with Gasteiger partial charge in [-0.3, -0.25) is 14.5 Å². The molecule has 33 heavy (non-hydrogen) atoms. The van der Waals surface area contributed by atoms with Crippen LogP contribution in [0.3, 0.4) is 0 Å². The fourth-order valence-corrected chi connectivity index (χ4v) is 5.20. The molecule has 0 radical (unpaired) electrons. The predicted octanol–water partition coefficient (Wildman–Crippen LogP) is 4.56. The molecule has 7 heteroatoms. The van der Waals surface area contributed by atoms with Crippen molar-refractivity contribution >= 4 is 40.3 Å². The van der Waals surface area contributed by atoms with Crippen molar-refractivity contribution in [2.24, 2.45) is 15.9 Å². The minimum absolute atomic E-state index is 0.0101. The molecular formula is C26H30N4O2S. The van der Waals surface area contributed by atoms with E-state index in [0.29, 0.717) is 24.0 Å². The van der Waals surface area contributed by atoms with E-state index in [-0.39, 0.29) is 29.0 Å². The molecular weight excluding hydrogens is 432 g/mol. The summed E-state index contributed by atoms with van der Waals surface area (Å²) in [5.74, 6) is 0.626. The molecule has 2 aromatic rings. The van der Waals surface area contributed by atoms with Crippen molar-refractivity contribution in [3.8, 4) is 0 Å². The smallest absolute Gasteiger partial charge is 0.271 e. The fraction of sp³-hybridized carbons (Fsp3) is 0.385. The first kappa shape index (κ1) is 23.2. The number of nitrogens with zero attached hydrogens (tertiary/aromatic N) is 3. The Labute approximate surface area is 199 Å². The van der Waals surface area contributed by atoms with E-state index < -0.39 is 0 Å². The number of aliphatic imine (C=N–C) groups is 2. The number of hydrogen-bond acceptors (Lipinski definition) is 5. The van der Waals surface area contributed by atoms with E-state index in [1.54, 1.807) is 0 Å². The number of thioether (sulfide) groups is 1. The van der Waals surface area contributed by atoms with Crippen LogP contribution in [0.4, 0.5) is 5.69 Å². The molecule has 0 spiro atoms. The van der Waals surface area contributed by atoms with Gasteiger partial charge in [-0.2, -0.15) is 4.99 Å². The first-order valence-electron chi connectivity index (χ1n) is 11.6. The van der Waals surface area contributed by atoms with Gasteiger partial charge in [0.05, 0.1) is 10.9 Å². The molecule has 3 unspecified atom stereocenters. The summed E-state index contributed by atoms with van der Waals surface area (Å²) in [4.78, 5) is 37.2. The number of carbonyl (C=O) groups excluding carboxylic acids is 2. The highest BCUT2D eigenvalue weighted by Gasteiger charge is 2.44. The first-order valence-corrected chi connectivity index (χ1v) is 12.5. The van der Waals surface area contributed by atoms with Crippen molar-refractivity contribution in [3.63, 3.8) is 0 Å². The summed E-state index contributed by atoms with van der Waals surface area (Å²) < 4.78 is 0. The lowest BCUT2D eigenvalue weighted by atomic mass is 9.97. The first-order chi connectivity index (χ1) is 16.0. The van der Waals surface area contributed by atoms with Gasteiger partial charge in [-0.25, -0.2) is 4.99 Å². The third-order valence-corrected chi connectivity index (χ3v) is 7.52. The van der Waals surface area contributed by atoms with Crippen LogP contribution < -0.4 is 5.32 Å². The van der Waals surface area contributed by atoms with E-state index in [2.05, 4.69) is 36.3 Å². The number of benzene rings is 2. The van der Waals surface area contributed by atoms with Crippen LogP contribution in [0.25, 0.3) is 0 Å². The maximum atomic E-state index is 13.0. The van der Waals surface area contributed by atoms with Crippen LogP contribution in [-0.4, -0.2) is 45.6 Å². The second-order valence-corrected chi connectivity index (χ2v) is 9.60. The van der Waals surface area contributed by atoms with Gasteiger partial charge in [0.1, 0.15) is 11.9 Å². The summed E-state index contributed by atoms with van der Waals surface area (Å²) in [5, 5.41) is 3.44. The Balaban J connectivity index is 1.54. The van der Waals surface area contributed by atoms with Gasteiger partial charge in [-0.1, -0.05) is 81.4 Å². The Bertz CT molecular complexity index is 1080. The average Bonchev–Trinajstić information content (AvgIpc) is 3.19. The quantitative estimate of drug-likeness (QED) is 0.624. The van der Waals surface area contributed by atoms with E-state index in [4.69, 9.17) is 4.99 Å². The standard InChI is InChI=1S/C26H30N4O2S/c1-4-17(3)22-25(32)29-23-19-13-9-10-14-20(19)28-26(30(22)23)33-21(5-2)24(31)27-16-15-18-11-7-6-8-12-18/h6-14,17,21-22H,4-5,15-16H2,1-3H3,(H,27,31). The minimum atomic E-state index is -0.386. The molecule has 172 valence electrons. The Morgan fingerprint density at radius 2 is 1.79 bits per heavy atom. The zero-order valence-corrected chi connectivity index (χ0v) is 20.1. The summed E-state index contributed by atoms with van der Waals surface area (Å²) in [6, 6.07) is 17.5. The molecule has 0 fully saturated rings. The van der Waals surface area contributed by atoms with Gasteiger partial charge in [-0.15, -0.1) is 0 Å². The molecule has 0 bridgehead atoms. The monoisotopic (exact) mass is 462 g/mol. The number of para-hydroxylation sites is 1. The maximum absolute atomic E-state index is 13.0. The molecule has 0 aliphatic carbocycles. The predicted molar refractivity (Wildman–Crippen MR) is 135 cm³/mol. The maximum Gasteiger partial charge on any atom is 0.271 e. The van der Waals surface area contributed by atoms with Gasteiger partial charge in [0, 0.05) is 12.1 Å². The van der Waals surface area contributed by atoms with Crippen molar-refractivity contribution in [1.29, 1.82) is 0 Å². The molecule has 0 saturated heterocycles. The third-order valence-electron chi connectivity index (χ3n) is 6.19. The SMILES string of the molecule is CCC(SC1=Nc2ccccc2C2=NC(=O)C(C(C)CC)N12)C(=O)NCCc1ccccc1. The summed E-state index contributed by atoms with van der Waals surface area (Å²) in [7, 11) is 0. The van der Waals surface area contributed by atoms with Crippen LogP contribution in [0.2, 0.25) is 0 Å². The van der Waals surface area contributed by atoms with Crippen LogP contribution >= 0.6 is 11.8 Å². The highest BCUT2D eigenvalue weighted by atomic mass is 32.2. The van der Waals surface area contributed by atoms with Crippen LogP contribution in [-0.2, 0) is 16.0 Å². The van der Waals surface area contributed by atoms with Crippen LogP contribution in [0.1, 0.15) is 44.7 Å². The Morgan fingerprint density at radius 3 is 2.52 bits per heavy atom. The topological polar surface area (TPSA) is 74.1 Å². The average molecular weight is 463 g/mol. The number of amides is 2. The van der Waals surface area contributed by atoms with Gasteiger partial charge in [0.25, 0.3) is 5.91 Å². The van der Waals surface area contributed by atoms with Gasteiger partial charge in [0.2, 0.25) is 5.91 Å². The fourth-order valence-electron chi connectivity index (χ4n) is 4.13. The van der Waals surface area contributed by atoms with Gasteiger partial charge in [0.15, 0.2) is 5.17 Å². The largest absolute Gasteiger partial charge is 0.355 e. The highest BCUT2D eigenvalue weighted by Crippen LogP contribution is 2.37. The van der Waals surface area contributed by atoms with Crippen molar-refractivity contribution in [2.45, 2.75) is 51.3 Å². The molecule has 3 atom stereocenters. The van der Waals surface area contributed by atoms with E-state index in [9.17, 15) is 9.59 Å². The zero-order chi connectivity index (χ0) is 23.4. The molecule has 2 amide bonds. The Hall–Kier alpha value is -2.93. The van der Waals surface area contributed by atoms with Crippen LogP contribution in [0, 0.1) is 5.92 Å². The lowest BCUT2D eigenvalue weighted by molar-refractivity contribution is -0.121. The second kappa shape index (κ2) is 10.3. The molecule has 2 aliphatic rings. The minimum Gasteiger partial charge on any atom is -0.355 e. The summed E-state index contributed by atoms with van der Waals surface area (Å²) in [6.07, 6.45) is 2.30. The molecule has 1 N–H and O–H groups in total. The number of nitrogens with one attached hydrogen (secondary N) is 1. The Kier molecular flexibility index (Phi) is 7.28. The van der Waals surface area contributed by atoms with E-state index in [1.807, 2.05) is 54.3 Å². The van der Waals surface area contributed by atoms with Crippen LogP contribution in [0.15, 0.2) is 64.6 Å². The highest BCUT2D eigenvalue weighted by molar-refractivity contribution is 8.15. The van der Waals surface area contributed by atoms with Crippen molar-refractivity contribution < 1.29 is 9.59 Å². The number of hydrogen-bond donors (Lipinski definition) is 1. The normalized spacial score (nSPS) is 18.7. The van der Waals surface area contributed by atoms with Crippen molar-refractivity contribution in [2.75, 3.05) is 6.54 Å². The molecule has 2 aliphatic heterocycles. The Morgan fingerprint density at radius 1 is 1.06 bits per heavy atom. The molecule has 2 heterocycles. The molecule has 4 rings (SSSR count). The van der Waals surface area contributed by atoms with Crippen molar-refractivity contribution in [1.82, 2.24) is 10.2 Å². The summed E-state index contributed by atoms with van der Waals surface area (Å²) in [6.45, 7) is 6.73. The molecule has 2 aromatic carbocycles. The number of rotatable bonds is 8. The summed E-state index contributed by atoms with van der Waals surface area (Å²) >= 11 is 1.42. The third kappa shape index (κ3) is 4.88. The van der Waals surface area contributed by atoms with Crippen LogP contribution in [0.5, 0.6) is 0 Å². The van der Waals surface area contributed by atoms with E-state index in [1.165, 1.54) is 17.3 Å². The molecule has 6 nitrogen and oxygen atoms in total. The second-order valence-electron chi connectivity index (χ2n) is 8.43. The number of fused-ring (bicyclic) bond motifs is 3. The lowest BCUT2D eigenvalue weighted by Crippen LogP contribution is -2.47. The van der Waals surface area contributed by atoms with E-state index >= 15 is 0 Å². The van der Waals surface area contributed by atoms with E-state index in [0.717, 1.165) is 24.1 Å². The van der Waals surface area contributed by atoms with Crippen molar-refractivity contribution in [3.05, 3.63) is 65.7 Å². The number of carbonyl (C=O) groups is 2. The molecule has 0 saturated carbocycles. The summed E-state index contributed by atoms with van der Waals surface area (Å²) in [5.41, 5.74) is 2.84. The van der Waals surface area contributed by atoms with Gasteiger partial charge in [-0.05, 0) is 36.5 Å². The van der Waals surface area contributed by atoms with Gasteiger partial charge >= 0.3 is 0 Å².